The fraction of sp³-hybridized carbons (Fsp3) is 0.421. The Labute approximate surface area is 153 Å². The van der Waals surface area contributed by atoms with Gasteiger partial charge in [0.05, 0.1) is 4.88 Å². The van der Waals surface area contributed by atoms with Gasteiger partial charge < -0.3 is 10.6 Å². The number of carbonyl (C=O) groups excluding carboxylic acids is 1. The maximum Gasteiger partial charge on any atom is 0.263 e. The number of hydrogen-bond donors (Lipinski definition) is 1. The van der Waals surface area contributed by atoms with Crippen molar-refractivity contribution >= 4 is 29.7 Å². The molecule has 1 saturated heterocycles. The quantitative estimate of drug-likeness (QED) is 0.884. The molecule has 1 fully saturated rings. The Kier molecular flexibility index (Phi) is 4.73. The number of rotatable bonds is 2. The largest absolute Gasteiger partial charge is 0.337 e. The summed E-state index contributed by atoms with van der Waals surface area (Å²) in [6, 6.07) is 10.7. The summed E-state index contributed by atoms with van der Waals surface area (Å²) in [6.07, 6.45) is 3.11. The summed E-state index contributed by atoms with van der Waals surface area (Å²) < 4.78 is 0. The summed E-state index contributed by atoms with van der Waals surface area (Å²) in [4.78, 5) is 17.0. The number of aryl methyl sites for hydroxylation is 2. The van der Waals surface area contributed by atoms with Crippen molar-refractivity contribution in [2.45, 2.75) is 26.2 Å². The third-order valence-corrected chi connectivity index (χ3v) is 6.48. The van der Waals surface area contributed by atoms with Gasteiger partial charge in [-0.15, -0.1) is 23.7 Å². The minimum Gasteiger partial charge on any atom is -0.337 e. The molecule has 3 nitrogen and oxygen atoms in total. The van der Waals surface area contributed by atoms with E-state index in [9.17, 15) is 4.79 Å². The molecule has 0 radical (unpaired) electrons. The molecule has 2 N–H and O–H groups in total. The van der Waals surface area contributed by atoms with Crippen LogP contribution < -0.4 is 5.73 Å². The second-order valence-electron chi connectivity index (χ2n) is 7.11. The minimum atomic E-state index is 0. The molecule has 2 aromatic rings. The molecular formula is C19H23ClN2OS. The normalized spacial score (nSPS) is 21.8. The van der Waals surface area contributed by atoms with E-state index in [-0.39, 0.29) is 23.7 Å². The summed E-state index contributed by atoms with van der Waals surface area (Å²) in [5, 5.41) is 0. The van der Waals surface area contributed by atoms with E-state index in [1.807, 2.05) is 4.90 Å². The van der Waals surface area contributed by atoms with Crippen molar-refractivity contribution in [3.8, 4) is 10.4 Å². The third kappa shape index (κ3) is 2.87. The molecule has 5 heteroatoms. The zero-order valence-electron chi connectivity index (χ0n) is 13.9. The van der Waals surface area contributed by atoms with Crippen LogP contribution >= 0.6 is 23.7 Å². The lowest BCUT2D eigenvalue weighted by atomic mass is 9.90. The van der Waals surface area contributed by atoms with E-state index in [4.69, 9.17) is 5.73 Å². The molecule has 1 unspecified atom stereocenters. The van der Waals surface area contributed by atoms with Gasteiger partial charge in [-0.1, -0.05) is 31.2 Å². The van der Waals surface area contributed by atoms with E-state index < -0.39 is 0 Å². The number of benzene rings is 1. The van der Waals surface area contributed by atoms with Crippen LogP contribution in [0.15, 0.2) is 30.3 Å². The highest BCUT2D eigenvalue weighted by atomic mass is 35.5. The van der Waals surface area contributed by atoms with Gasteiger partial charge in [0.15, 0.2) is 0 Å². The molecule has 0 spiro atoms. The van der Waals surface area contributed by atoms with Gasteiger partial charge in [0.25, 0.3) is 5.91 Å². The lowest BCUT2D eigenvalue weighted by molar-refractivity contribution is 0.0781. The minimum absolute atomic E-state index is 0. The number of nitrogens with zero attached hydrogens (tertiary/aromatic N) is 1. The van der Waals surface area contributed by atoms with Crippen LogP contribution in [0.1, 0.15) is 34.1 Å². The fourth-order valence-electron chi connectivity index (χ4n) is 3.70. The first-order valence-corrected chi connectivity index (χ1v) is 9.12. The molecule has 2 heterocycles. The molecular weight excluding hydrogens is 340 g/mol. The molecule has 0 saturated carbocycles. The fourth-order valence-corrected chi connectivity index (χ4v) is 4.94. The first kappa shape index (κ1) is 17.5. The van der Waals surface area contributed by atoms with Crippen LogP contribution in [0.2, 0.25) is 0 Å². The third-order valence-electron chi connectivity index (χ3n) is 5.28. The second kappa shape index (κ2) is 6.51. The van der Waals surface area contributed by atoms with Gasteiger partial charge >= 0.3 is 0 Å². The number of nitrogens with two attached hydrogens (primary N) is 1. The monoisotopic (exact) mass is 362 g/mol. The maximum atomic E-state index is 12.9. The zero-order valence-corrected chi connectivity index (χ0v) is 15.5. The van der Waals surface area contributed by atoms with E-state index in [2.05, 4.69) is 37.3 Å². The van der Waals surface area contributed by atoms with Crippen molar-refractivity contribution in [3.63, 3.8) is 0 Å². The predicted molar refractivity (Wildman–Crippen MR) is 102 cm³/mol. The summed E-state index contributed by atoms with van der Waals surface area (Å²) in [7, 11) is 0. The highest BCUT2D eigenvalue weighted by Gasteiger charge is 2.36. The van der Waals surface area contributed by atoms with Gasteiger partial charge in [-0.2, -0.15) is 0 Å². The zero-order chi connectivity index (χ0) is 16.0. The van der Waals surface area contributed by atoms with Gasteiger partial charge in [0.1, 0.15) is 0 Å². The van der Waals surface area contributed by atoms with Crippen molar-refractivity contribution < 1.29 is 4.79 Å². The van der Waals surface area contributed by atoms with Gasteiger partial charge in [-0.3, -0.25) is 4.79 Å². The lowest BCUT2D eigenvalue weighted by Crippen LogP contribution is -2.34. The predicted octanol–water partition coefficient (Wildman–Crippen LogP) is 3.75. The standard InChI is InChI=1S/C19H22N2OS.ClH/c1-19(11-20)8-9-21(12-19)18(22)16-10-14-7-6-13-4-2-3-5-15(13)17(14)23-16;/h2-5,10H,6-9,11-12,20H2,1H3;1H. The number of thiophene rings is 1. The van der Waals surface area contributed by atoms with Gasteiger partial charge in [-0.05, 0) is 54.0 Å². The van der Waals surface area contributed by atoms with Crippen molar-refractivity contribution in [2.75, 3.05) is 19.6 Å². The number of carbonyl (C=O) groups is 1. The topological polar surface area (TPSA) is 46.3 Å². The van der Waals surface area contributed by atoms with Crippen molar-refractivity contribution in [1.29, 1.82) is 0 Å². The second-order valence-corrected chi connectivity index (χ2v) is 8.17. The van der Waals surface area contributed by atoms with E-state index in [0.717, 1.165) is 37.2 Å². The smallest absolute Gasteiger partial charge is 0.263 e. The first-order chi connectivity index (χ1) is 11.1. The average Bonchev–Trinajstić information content (AvgIpc) is 3.19. The lowest BCUT2D eigenvalue weighted by Gasteiger charge is -2.22. The Bertz CT molecular complexity index is 772. The van der Waals surface area contributed by atoms with Crippen LogP contribution in [0.4, 0.5) is 0 Å². The Morgan fingerprint density at radius 3 is 2.79 bits per heavy atom. The van der Waals surface area contributed by atoms with Gasteiger partial charge in [0, 0.05) is 18.0 Å². The Balaban J connectivity index is 0.00000169. The molecule has 24 heavy (non-hydrogen) atoms. The molecule has 1 atom stereocenters. The van der Waals surface area contributed by atoms with Crippen LogP contribution in [0.25, 0.3) is 10.4 Å². The van der Waals surface area contributed by atoms with Crippen molar-refractivity contribution in [2.24, 2.45) is 11.1 Å². The number of halogens is 1. The SMILES string of the molecule is CC1(CN)CCN(C(=O)c2cc3c(s2)-c2ccccc2CC3)C1.Cl. The Hall–Kier alpha value is -1.36. The molecule has 1 aromatic heterocycles. The Morgan fingerprint density at radius 1 is 1.29 bits per heavy atom. The van der Waals surface area contributed by atoms with E-state index in [0.29, 0.717) is 6.54 Å². The van der Waals surface area contributed by atoms with Crippen LogP contribution in [-0.4, -0.2) is 30.4 Å². The molecule has 1 aliphatic carbocycles. The van der Waals surface area contributed by atoms with E-state index in [1.54, 1.807) is 11.3 Å². The maximum absolute atomic E-state index is 12.9. The highest BCUT2D eigenvalue weighted by Crippen LogP contribution is 2.40. The molecule has 128 valence electrons. The molecule has 1 aromatic carbocycles. The van der Waals surface area contributed by atoms with Gasteiger partial charge in [-0.25, -0.2) is 0 Å². The van der Waals surface area contributed by atoms with E-state index in [1.165, 1.54) is 21.6 Å². The van der Waals surface area contributed by atoms with Crippen LogP contribution in [0, 0.1) is 5.41 Å². The van der Waals surface area contributed by atoms with Crippen molar-refractivity contribution in [3.05, 3.63) is 46.3 Å². The average molecular weight is 363 g/mol. The van der Waals surface area contributed by atoms with Crippen LogP contribution in [0.3, 0.4) is 0 Å². The number of hydrogen-bond acceptors (Lipinski definition) is 3. The van der Waals surface area contributed by atoms with Crippen LogP contribution in [-0.2, 0) is 12.8 Å². The summed E-state index contributed by atoms with van der Waals surface area (Å²) in [5.41, 5.74) is 9.99. The molecule has 1 aliphatic heterocycles. The summed E-state index contributed by atoms with van der Waals surface area (Å²) in [6.45, 7) is 4.42. The number of amides is 1. The Morgan fingerprint density at radius 2 is 2.04 bits per heavy atom. The highest BCUT2D eigenvalue weighted by molar-refractivity contribution is 7.17. The van der Waals surface area contributed by atoms with E-state index >= 15 is 0 Å². The molecule has 1 amide bonds. The summed E-state index contributed by atoms with van der Waals surface area (Å²) in [5.74, 6) is 0.180. The first-order valence-electron chi connectivity index (χ1n) is 8.30. The summed E-state index contributed by atoms with van der Waals surface area (Å²) >= 11 is 1.66. The molecule has 0 bridgehead atoms. The number of fused-ring (bicyclic) bond motifs is 3. The number of likely N-dealkylation sites (tertiary alicyclic amines) is 1. The molecule has 4 rings (SSSR count). The van der Waals surface area contributed by atoms with Gasteiger partial charge in [0.2, 0.25) is 0 Å². The van der Waals surface area contributed by atoms with Crippen LogP contribution in [0.5, 0.6) is 0 Å². The molecule has 2 aliphatic rings. The van der Waals surface area contributed by atoms with Crippen molar-refractivity contribution in [1.82, 2.24) is 4.90 Å².